The summed E-state index contributed by atoms with van der Waals surface area (Å²) in [7, 11) is 1.32. The molecule has 0 saturated heterocycles. The highest BCUT2D eigenvalue weighted by molar-refractivity contribution is 9.10. The first-order valence-electron chi connectivity index (χ1n) is 8.10. The lowest BCUT2D eigenvalue weighted by molar-refractivity contribution is -0.136. The summed E-state index contributed by atoms with van der Waals surface area (Å²) in [6.45, 7) is 3.73. The molecule has 3 rings (SSSR count). The number of allylic oxidation sites excluding steroid dienone is 1. The Hall–Kier alpha value is -2.66. The molecule has 0 saturated carbocycles. The van der Waals surface area contributed by atoms with Gasteiger partial charge in [0.2, 0.25) is 0 Å². The van der Waals surface area contributed by atoms with Crippen LogP contribution >= 0.6 is 15.9 Å². The third-order valence-electron chi connectivity index (χ3n) is 4.23. The Kier molecular flexibility index (Phi) is 5.09. The van der Waals surface area contributed by atoms with E-state index >= 15 is 0 Å². The first-order chi connectivity index (χ1) is 12.4. The van der Waals surface area contributed by atoms with Gasteiger partial charge in [-0.05, 0) is 49.8 Å². The minimum atomic E-state index is -0.519. The average Bonchev–Trinajstić information content (AvgIpc) is 2.86. The number of nitrogens with zero attached hydrogens (tertiary/aromatic N) is 1. The van der Waals surface area contributed by atoms with E-state index in [4.69, 9.17) is 4.74 Å². The number of hydrogen-bond acceptors (Lipinski definition) is 3. The Morgan fingerprint density at radius 2 is 1.81 bits per heavy atom. The second kappa shape index (κ2) is 7.30. The molecule has 0 spiro atoms. The molecule has 0 N–H and O–H groups in total. The molecule has 26 heavy (non-hydrogen) atoms. The number of ether oxygens (including phenoxy) is 1. The maximum atomic E-state index is 13.1. The van der Waals surface area contributed by atoms with Crippen LogP contribution in [0.1, 0.15) is 18.1 Å². The summed E-state index contributed by atoms with van der Waals surface area (Å²) >= 11 is 3.39. The maximum Gasteiger partial charge on any atom is 0.340 e. The number of carbonyl (C=O) groups excluding carboxylic acids is 2. The topological polar surface area (TPSA) is 46.6 Å². The van der Waals surface area contributed by atoms with Crippen molar-refractivity contribution in [2.75, 3.05) is 12.0 Å². The normalized spacial score (nSPS) is 15.8. The summed E-state index contributed by atoms with van der Waals surface area (Å²) in [5.41, 5.74) is 3.83. The molecular formula is C21H18BrNO3. The number of benzene rings is 2. The summed E-state index contributed by atoms with van der Waals surface area (Å²) in [5, 5.41) is 0. The number of amides is 1. The predicted octanol–water partition coefficient (Wildman–Crippen LogP) is 4.63. The zero-order valence-electron chi connectivity index (χ0n) is 14.7. The highest BCUT2D eigenvalue weighted by atomic mass is 79.9. The molecule has 132 valence electrons. The molecule has 2 aromatic carbocycles. The van der Waals surface area contributed by atoms with Gasteiger partial charge in [0.1, 0.15) is 0 Å². The van der Waals surface area contributed by atoms with Crippen LogP contribution in [0.5, 0.6) is 0 Å². The molecule has 0 bridgehead atoms. The minimum Gasteiger partial charge on any atom is -0.465 e. The molecule has 0 unspecified atom stereocenters. The molecule has 0 aliphatic carbocycles. The van der Waals surface area contributed by atoms with Crippen LogP contribution in [0.4, 0.5) is 5.69 Å². The number of halogens is 1. The van der Waals surface area contributed by atoms with Crippen molar-refractivity contribution in [2.24, 2.45) is 0 Å². The van der Waals surface area contributed by atoms with Gasteiger partial charge in [0.15, 0.2) is 0 Å². The summed E-state index contributed by atoms with van der Waals surface area (Å²) in [4.78, 5) is 27.0. The van der Waals surface area contributed by atoms with E-state index in [-0.39, 0.29) is 5.91 Å². The molecule has 1 amide bonds. The van der Waals surface area contributed by atoms with Crippen LogP contribution in [0.15, 0.2) is 69.8 Å². The number of rotatable bonds is 3. The van der Waals surface area contributed by atoms with E-state index in [1.54, 1.807) is 17.9 Å². The lowest BCUT2D eigenvalue weighted by Crippen LogP contribution is -2.24. The van der Waals surface area contributed by atoms with Crippen molar-refractivity contribution in [1.82, 2.24) is 0 Å². The van der Waals surface area contributed by atoms with Gasteiger partial charge in [-0.15, -0.1) is 0 Å². The fourth-order valence-corrected chi connectivity index (χ4v) is 3.27. The Morgan fingerprint density at radius 3 is 2.42 bits per heavy atom. The Balaban J connectivity index is 2.13. The summed E-state index contributed by atoms with van der Waals surface area (Å²) in [6, 6.07) is 15.1. The zero-order chi connectivity index (χ0) is 18.8. The van der Waals surface area contributed by atoms with Crippen molar-refractivity contribution in [3.05, 3.63) is 81.0 Å². The molecule has 1 heterocycles. The maximum absolute atomic E-state index is 13.1. The Bertz CT molecular complexity index is 942. The van der Waals surface area contributed by atoms with Gasteiger partial charge < -0.3 is 4.74 Å². The van der Waals surface area contributed by atoms with Crippen LogP contribution in [0.25, 0.3) is 6.08 Å². The summed E-state index contributed by atoms with van der Waals surface area (Å²) in [5.74, 6) is -0.763. The minimum absolute atomic E-state index is 0.244. The molecule has 1 aliphatic rings. The second-order valence-corrected chi connectivity index (χ2v) is 6.96. The summed E-state index contributed by atoms with van der Waals surface area (Å²) in [6.07, 6.45) is 1.74. The van der Waals surface area contributed by atoms with E-state index in [0.717, 1.165) is 15.6 Å². The first kappa shape index (κ1) is 18.1. The van der Waals surface area contributed by atoms with Gasteiger partial charge in [0, 0.05) is 15.9 Å². The lowest BCUT2D eigenvalue weighted by atomic mass is 10.0. The number of anilines is 1. The predicted molar refractivity (Wildman–Crippen MR) is 106 cm³/mol. The Morgan fingerprint density at radius 1 is 1.12 bits per heavy atom. The van der Waals surface area contributed by atoms with E-state index in [1.807, 2.05) is 55.5 Å². The standard InChI is InChI=1S/C21H18BrNO3/c1-13-5-4-6-15(11-13)12-18-19(21(25)26-3)14(2)23(20(18)24)17-9-7-16(22)8-10-17/h4-12H,1-3H3/b18-12-. The van der Waals surface area contributed by atoms with Crippen LogP contribution in [0.2, 0.25) is 0 Å². The zero-order valence-corrected chi connectivity index (χ0v) is 16.3. The molecular weight excluding hydrogens is 394 g/mol. The van der Waals surface area contributed by atoms with Gasteiger partial charge in [-0.2, -0.15) is 0 Å². The third kappa shape index (κ3) is 3.35. The van der Waals surface area contributed by atoms with Crippen molar-refractivity contribution < 1.29 is 14.3 Å². The van der Waals surface area contributed by atoms with Gasteiger partial charge in [-0.25, -0.2) is 4.79 Å². The quantitative estimate of drug-likeness (QED) is 0.546. The number of carbonyl (C=O) groups is 2. The van der Waals surface area contributed by atoms with Gasteiger partial charge >= 0.3 is 5.97 Å². The molecule has 0 aromatic heterocycles. The van der Waals surface area contributed by atoms with Crippen LogP contribution in [0.3, 0.4) is 0 Å². The van der Waals surface area contributed by atoms with Crippen LogP contribution in [0, 0.1) is 6.92 Å². The monoisotopic (exact) mass is 411 g/mol. The number of aryl methyl sites for hydroxylation is 1. The van der Waals surface area contributed by atoms with E-state index in [2.05, 4.69) is 15.9 Å². The molecule has 0 fully saturated rings. The van der Waals surface area contributed by atoms with Crippen molar-refractivity contribution in [1.29, 1.82) is 0 Å². The first-order valence-corrected chi connectivity index (χ1v) is 8.89. The summed E-state index contributed by atoms with van der Waals surface area (Å²) < 4.78 is 5.84. The molecule has 5 heteroatoms. The second-order valence-electron chi connectivity index (χ2n) is 6.04. The molecule has 1 aliphatic heterocycles. The van der Waals surface area contributed by atoms with Crippen LogP contribution in [-0.4, -0.2) is 19.0 Å². The largest absolute Gasteiger partial charge is 0.465 e. The van der Waals surface area contributed by atoms with Gasteiger partial charge in [-0.3, -0.25) is 9.69 Å². The fraction of sp³-hybridized carbons (Fsp3) is 0.143. The average molecular weight is 412 g/mol. The third-order valence-corrected chi connectivity index (χ3v) is 4.76. The van der Waals surface area contributed by atoms with Crippen molar-refractivity contribution in [2.45, 2.75) is 13.8 Å². The van der Waals surface area contributed by atoms with E-state index in [1.165, 1.54) is 7.11 Å². The smallest absolute Gasteiger partial charge is 0.340 e. The van der Waals surface area contributed by atoms with E-state index < -0.39 is 5.97 Å². The highest BCUT2D eigenvalue weighted by Gasteiger charge is 2.37. The number of hydrogen-bond donors (Lipinski definition) is 0. The molecule has 0 radical (unpaired) electrons. The van der Waals surface area contributed by atoms with Crippen LogP contribution < -0.4 is 4.90 Å². The SMILES string of the molecule is COC(=O)C1=C(C)N(c2ccc(Br)cc2)C(=O)/C1=C\c1cccc(C)c1. The van der Waals surface area contributed by atoms with Gasteiger partial charge in [-0.1, -0.05) is 45.8 Å². The van der Waals surface area contributed by atoms with Crippen LogP contribution in [-0.2, 0) is 14.3 Å². The van der Waals surface area contributed by atoms with E-state index in [0.29, 0.717) is 22.5 Å². The fourth-order valence-electron chi connectivity index (χ4n) is 3.01. The molecule has 4 nitrogen and oxygen atoms in total. The molecule has 0 atom stereocenters. The highest BCUT2D eigenvalue weighted by Crippen LogP contribution is 2.35. The van der Waals surface area contributed by atoms with Crippen molar-refractivity contribution >= 4 is 39.6 Å². The van der Waals surface area contributed by atoms with Gasteiger partial charge in [0.25, 0.3) is 5.91 Å². The lowest BCUT2D eigenvalue weighted by Gasteiger charge is -2.18. The number of esters is 1. The van der Waals surface area contributed by atoms with E-state index in [9.17, 15) is 9.59 Å². The van der Waals surface area contributed by atoms with Gasteiger partial charge in [0.05, 0.1) is 18.3 Å². The van der Waals surface area contributed by atoms with Crippen molar-refractivity contribution in [3.63, 3.8) is 0 Å². The van der Waals surface area contributed by atoms with Crippen molar-refractivity contribution in [3.8, 4) is 0 Å². The molecule has 2 aromatic rings. The number of methoxy groups -OCH3 is 1. The Labute approximate surface area is 160 Å².